The lowest BCUT2D eigenvalue weighted by Gasteiger charge is -2.17. The number of aryl methyl sites for hydroxylation is 1. The van der Waals surface area contributed by atoms with E-state index >= 15 is 0 Å². The van der Waals surface area contributed by atoms with E-state index in [1.54, 1.807) is 25.1 Å². The molecule has 0 amide bonds. The lowest BCUT2D eigenvalue weighted by Crippen LogP contribution is -1.96. The number of rotatable bonds is 6. The molecular formula is C14H19O3PS. The van der Waals surface area contributed by atoms with E-state index in [-0.39, 0.29) is 0 Å². The van der Waals surface area contributed by atoms with Crippen molar-refractivity contribution < 1.29 is 13.9 Å². The van der Waals surface area contributed by atoms with Crippen molar-refractivity contribution in [2.24, 2.45) is 0 Å². The van der Waals surface area contributed by atoms with Crippen LogP contribution in [0.1, 0.15) is 25.8 Å². The predicted molar refractivity (Wildman–Crippen MR) is 82.6 cm³/mol. The topological polar surface area (TPSA) is 38.7 Å². The quantitative estimate of drug-likeness (QED) is 0.477. The van der Waals surface area contributed by atoms with Gasteiger partial charge in [-0.05, 0) is 44.0 Å². The summed E-state index contributed by atoms with van der Waals surface area (Å²) in [6.07, 6.45) is 6.53. The van der Waals surface area contributed by atoms with E-state index in [1.807, 2.05) is 38.1 Å². The third kappa shape index (κ3) is 6.58. The van der Waals surface area contributed by atoms with E-state index in [2.05, 4.69) is 0 Å². The van der Waals surface area contributed by atoms with E-state index in [0.29, 0.717) is 11.5 Å². The van der Waals surface area contributed by atoms with Gasteiger partial charge < -0.3 is 13.9 Å². The second-order valence-electron chi connectivity index (χ2n) is 4.08. The lowest BCUT2D eigenvalue weighted by molar-refractivity contribution is 0.322. The summed E-state index contributed by atoms with van der Waals surface area (Å²) in [5.41, 5.74) is 1.03. The zero-order valence-electron chi connectivity index (χ0n) is 11.4. The molecule has 1 aromatic carbocycles. The first-order valence-corrected chi connectivity index (χ1v) is 8.64. The van der Waals surface area contributed by atoms with Gasteiger partial charge in [-0.1, -0.05) is 31.2 Å². The van der Waals surface area contributed by atoms with Crippen molar-refractivity contribution in [2.75, 3.05) is 0 Å². The summed E-state index contributed by atoms with van der Waals surface area (Å²) in [6, 6.07) is 7.32. The van der Waals surface area contributed by atoms with E-state index < -0.39 is 6.72 Å². The summed E-state index contributed by atoms with van der Waals surface area (Å²) >= 11 is 4.98. The summed E-state index contributed by atoms with van der Waals surface area (Å²) in [5.74, 6) is 1.05. The molecule has 0 aliphatic heterocycles. The minimum Gasteiger partial charge on any atom is -0.421 e. The molecule has 0 saturated carbocycles. The normalized spacial score (nSPS) is 15.3. The van der Waals surface area contributed by atoms with Crippen molar-refractivity contribution in [2.45, 2.75) is 27.2 Å². The fraction of sp³-hybridized carbons (Fsp3) is 0.286. The Morgan fingerprint density at radius 1 is 1.47 bits per heavy atom. The molecule has 3 nitrogen and oxygen atoms in total. The molecule has 0 aliphatic rings. The predicted octanol–water partition coefficient (Wildman–Crippen LogP) is 4.48. The standard InChI is InChI=1S/C14H19O3PS/c1-4-5-6-9-13(3)16-18(15,19)17-14-10-7-8-12(2)11-14/h5-11H,4H2,1-3H3,(H,15,19)/b6-5-,13-9+. The van der Waals surface area contributed by atoms with E-state index in [9.17, 15) is 4.89 Å². The summed E-state index contributed by atoms with van der Waals surface area (Å²) in [7, 11) is 0. The minimum absolute atomic E-state index is 0.516. The van der Waals surface area contributed by atoms with Crippen LogP contribution < -0.4 is 4.52 Å². The Hall–Kier alpha value is -1.09. The fourth-order valence-corrected chi connectivity index (χ4v) is 2.83. The van der Waals surface area contributed by atoms with Crippen molar-refractivity contribution >= 4 is 18.5 Å². The summed E-state index contributed by atoms with van der Waals surface area (Å²) in [5, 5.41) is 0. The molecule has 0 aromatic heterocycles. The molecule has 1 aromatic rings. The van der Waals surface area contributed by atoms with Gasteiger partial charge in [0.05, 0.1) is 0 Å². The number of allylic oxidation sites excluding steroid dienone is 4. The molecule has 5 heteroatoms. The van der Waals surface area contributed by atoms with Crippen molar-refractivity contribution in [3.05, 3.63) is 53.8 Å². The Kier molecular flexibility index (Phi) is 6.29. The third-order valence-electron chi connectivity index (χ3n) is 2.17. The van der Waals surface area contributed by atoms with Gasteiger partial charge in [-0.25, -0.2) is 0 Å². The first kappa shape index (κ1) is 16.0. The van der Waals surface area contributed by atoms with Gasteiger partial charge in [0.2, 0.25) is 0 Å². The molecule has 0 bridgehead atoms. The first-order chi connectivity index (χ1) is 8.93. The molecule has 0 aliphatic carbocycles. The third-order valence-corrected chi connectivity index (χ3v) is 3.58. The van der Waals surface area contributed by atoms with Crippen LogP contribution in [0.15, 0.2) is 48.3 Å². The molecule has 0 fully saturated rings. The van der Waals surface area contributed by atoms with Gasteiger partial charge >= 0.3 is 6.72 Å². The lowest BCUT2D eigenvalue weighted by atomic mass is 10.2. The highest BCUT2D eigenvalue weighted by atomic mass is 32.5. The molecule has 0 radical (unpaired) electrons. The van der Waals surface area contributed by atoms with Crippen LogP contribution in [0.4, 0.5) is 0 Å². The van der Waals surface area contributed by atoms with Crippen molar-refractivity contribution in [3.63, 3.8) is 0 Å². The number of hydrogen-bond acceptors (Lipinski definition) is 3. The van der Waals surface area contributed by atoms with Gasteiger partial charge in [0.25, 0.3) is 0 Å². The maximum absolute atomic E-state index is 10.0. The summed E-state index contributed by atoms with van der Waals surface area (Å²) in [6.45, 7) is 2.40. The maximum Gasteiger partial charge on any atom is 0.431 e. The van der Waals surface area contributed by atoms with Crippen LogP contribution in [0.3, 0.4) is 0 Å². The van der Waals surface area contributed by atoms with Crippen LogP contribution in [-0.2, 0) is 16.3 Å². The minimum atomic E-state index is -3.31. The van der Waals surface area contributed by atoms with Crippen molar-refractivity contribution in [3.8, 4) is 5.75 Å². The average molecular weight is 298 g/mol. The van der Waals surface area contributed by atoms with Gasteiger partial charge in [-0.15, -0.1) is 0 Å². The molecule has 0 heterocycles. The van der Waals surface area contributed by atoms with Crippen LogP contribution in [-0.4, -0.2) is 4.89 Å². The second-order valence-corrected chi connectivity index (χ2v) is 6.77. The van der Waals surface area contributed by atoms with Gasteiger partial charge in [0.15, 0.2) is 0 Å². The van der Waals surface area contributed by atoms with Crippen LogP contribution >= 0.6 is 6.72 Å². The molecule has 19 heavy (non-hydrogen) atoms. The molecule has 0 spiro atoms. The van der Waals surface area contributed by atoms with E-state index in [1.165, 1.54) is 0 Å². The highest BCUT2D eigenvalue weighted by Gasteiger charge is 2.18. The first-order valence-electron chi connectivity index (χ1n) is 6.05. The molecule has 104 valence electrons. The Morgan fingerprint density at radius 3 is 2.84 bits per heavy atom. The smallest absolute Gasteiger partial charge is 0.421 e. The van der Waals surface area contributed by atoms with Gasteiger partial charge in [-0.2, -0.15) is 0 Å². The molecule has 1 rings (SSSR count). The van der Waals surface area contributed by atoms with Crippen LogP contribution in [0.25, 0.3) is 0 Å². The molecule has 0 saturated heterocycles. The Morgan fingerprint density at radius 2 is 2.21 bits per heavy atom. The average Bonchev–Trinajstić information content (AvgIpc) is 2.27. The van der Waals surface area contributed by atoms with Gasteiger partial charge in [-0.3, -0.25) is 0 Å². The summed E-state index contributed by atoms with van der Waals surface area (Å²) < 4.78 is 10.7. The van der Waals surface area contributed by atoms with Crippen LogP contribution in [0.5, 0.6) is 5.75 Å². The van der Waals surface area contributed by atoms with Gasteiger partial charge in [0, 0.05) is 11.8 Å². The Labute approximate surface area is 119 Å². The molecule has 1 unspecified atom stereocenters. The fourth-order valence-electron chi connectivity index (χ4n) is 1.38. The van der Waals surface area contributed by atoms with E-state index in [0.717, 1.165) is 12.0 Å². The zero-order chi connectivity index (χ0) is 14.3. The maximum atomic E-state index is 10.0. The highest BCUT2D eigenvalue weighted by Crippen LogP contribution is 2.46. The monoisotopic (exact) mass is 298 g/mol. The SMILES string of the molecule is CC/C=C\C=C(/C)OP(O)(=S)Oc1cccc(C)c1. The van der Waals surface area contributed by atoms with E-state index in [4.69, 9.17) is 20.9 Å². The largest absolute Gasteiger partial charge is 0.431 e. The van der Waals surface area contributed by atoms with Gasteiger partial charge in [0.1, 0.15) is 11.5 Å². The molecule has 1 N–H and O–H groups in total. The number of benzene rings is 1. The Balaban J connectivity index is 2.68. The van der Waals surface area contributed by atoms with Crippen molar-refractivity contribution in [1.29, 1.82) is 0 Å². The second kappa shape index (κ2) is 7.49. The van der Waals surface area contributed by atoms with Crippen molar-refractivity contribution in [1.82, 2.24) is 0 Å². The Bertz CT molecular complexity index is 523. The van der Waals surface area contributed by atoms with Crippen LogP contribution in [0.2, 0.25) is 0 Å². The summed E-state index contributed by atoms with van der Waals surface area (Å²) in [4.78, 5) is 10.0. The zero-order valence-corrected chi connectivity index (χ0v) is 13.1. The van der Waals surface area contributed by atoms with Crippen LogP contribution in [0, 0.1) is 6.92 Å². The molecule has 1 atom stereocenters. The highest BCUT2D eigenvalue weighted by molar-refractivity contribution is 8.07. The number of hydrogen-bond donors (Lipinski definition) is 1. The molecular weight excluding hydrogens is 279 g/mol.